The maximum atomic E-state index is 13.7. The Morgan fingerprint density at radius 2 is 1.94 bits per heavy atom. The van der Waals surface area contributed by atoms with E-state index in [0.29, 0.717) is 27.3 Å². The number of methoxy groups -OCH3 is 1. The van der Waals surface area contributed by atoms with E-state index in [1.165, 1.54) is 18.1 Å². The van der Waals surface area contributed by atoms with Gasteiger partial charge in [0.2, 0.25) is 5.78 Å². The number of furan rings is 1. The molecule has 1 amide bonds. The first-order chi connectivity index (χ1) is 16.9. The van der Waals surface area contributed by atoms with Crippen molar-refractivity contribution in [2.24, 2.45) is 0 Å². The predicted octanol–water partition coefficient (Wildman–Crippen LogP) is 5.58. The highest BCUT2D eigenvalue weighted by Crippen LogP contribution is 2.41. The number of aromatic nitrogens is 1. The number of rotatable bonds is 6. The van der Waals surface area contributed by atoms with Crippen molar-refractivity contribution in [3.05, 3.63) is 106 Å². The van der Waals surface area contributed by atoms with Crippen LogP contribution in [0.3, 0.4) is 0 Å². The summed E-state index contributed by atoms with van der Waals surface area (Å²) in [5.74, 6) is -1.47. The molecule has 0 spiro atoms. The Morgan fingerprint density at radius 1 is 1.17 bits per heavy atom. The summed E-state index contributed by atoms with van der Waals surface area (Å²) in [6.07, 6.45) is 3.26. The number of carbonyl (C=O) groups excluding carboxylic acids is 2. The van der Waals surface area contributed by atoms with E-state index in [0.717, 1.165) is 11.1 Å². The number of aliphatic hydroxyl groups excluding tert-OH is 1. The van der Waals surface area contributed by atoms with E-state index >= 15 is 0 Å². The second-order valence-electron chi connectivity index (χ2n) is 8.33. The molecule has 3 heterocycles. The van der Waals surface area contributed by atoms with E-state index in [2.05, 4.69) is 4.98 Å². The fourth-order valence-electron chi connectivity index (χ4n) is 4.40. The van der Waals surface area contributed by atoms with E-state index in [4.69, 9.17) is 20.8 Å². The minimum atomic E-state index is -0.804. The van der Waals surface area contributed by atoms with Crippen LogP contribution >= 0.6 is 11.6 Å². The Labute approximate surface area is 206 Å². The van der Waals surface area contributed by atoms with Crippen molar-refractivity contribution in [3.8, 4) is 5.75 Å². The first kappa shape index (κ1) is 22.7. The summed E-state index contributed by atoms with van der Waals surface area (Å²) in [4.78, 5) is 32.5. The maximum absolute atomic E-state index is 13.7. The normalized spacial score (nSPS) is 15.8. The van der Waals surface area contributed by atoms with Crippen LogP contribution in [0.4, 0.5) is 0 Å². The van der Waals surface area contributed by atoms with E-state index in [9.17, 15) is 14.7 Å². The SMILES string of the molecule is COc1cc(Cl)cc2cc(C(=O)C3=C(O)C(=O)N(Cc4ccncc4)C3c3cccc(C)c3)oc12. The zero-order valence-electron chi connectivity index (χ0n) is 19.0. The van der Waals surface area contributed by atoms with Crippen LogP contribution in [-0.2, 0) is 11.3 Å². The summed E-state index contributed by atoms with van der Waals surface area (Å²) in [6.45, 7) is 2.11. The molecule has 1 unspecified atom stereocenters. The van der Waals surface area contributed by atoms with Crippen molar-refractivity contribution in [3.63, 3.8) is 0 Å². The Hall–Kier alpha value is -4.10. The quantitative estimate of drug-likeness (QED) is 0.356. The van der Waals surface area contributed by atoms with Crippen LogP contribution in [0.1, 0.15) is 33.3 Å². The molecule has 1 aliphatic rings. The van der Waals surface area contributed by atoms with Crippen LogP contribution in [-0.4, -0.2) is 33.8 Å². The van der Waals surface area contributed by atoms with E-state index in [1.807, 2.05) is 31.2 Å². The molecule has 4 aromatic rings. The largest absolute Gasteiger partial charge is 0.503 e. The minimum Gasteiger partial charge on any atom is -0.503 e. The maximum Gasteiger partial charge on any atom is 0.290 e. The minimum absolute atomic E-state index is 0.0293. The van der Waals surface area contributed by atoms with Gasteiger partial charge in [0.15, 0.2) is 22.9 Å². The number of nitrogens with zero attached hydrogens (tertiary/aromatic N) is 2. The van der Waals surface area contributed by atoms with Crippen molar-refractivity contribution < 1.29 is 23.8 Å². The van der Waals surface area contributed by atoms with Crippen LogP contribution < -0.4 is 4.74 Å². The lowest BCUT2D eigenvalue weighted by molar-refractivity contribution is -0.130. The molecule has 0 saturated carbocycles. The second kappa shape index (κ2) is 8.92. The number of hydrogen-bond acceptors (Lipinski definition) is 6. The molecule has 176 valence electrons. The average Bonchev–Trinajstić information content (AvgIpc) is 3.38. The molecule has 0 bridgehead atoms. The lowest BCUT2D eigenvalue weighted by Gasteiger charge is -2.27. The van der Waals surface area contributed by atoms with Crippen LogP contribution in [0.25, 0.3) is 11.0 Å². The number of fused-ring (bicyclic) bond motifs is 1. The topological polar surface area (TPSA) is 92.9 Å². The fraction of sp³-hybridized carbons (Fsp3) is 0.148. The van der Waals surface area contributed by atoms with Crippen LogP contribution in [0.5, 0.6) is 5.75 Å². The molecule has 0 aliphatic carbocycles. The standard InChI is InChI=1S/C27H21ClN2O5/c1-15-4-3-5-17(10-15)23-22(25(32)27(33)30(23)14-16-6-8-29-9-7-16)24(31)20-12-18-11-19(28)13-21(34-2)26(18)35-20/h3-13,23,32H,14H2,1-2H3. The molecule has 7 nitrogen and oxygen atoms in total. The highest BCUT2D eigenvalue weighted by Gasteiger charge is 2.44. The molecule has 1 N–H and O–H groups in total. The van der Waals surface area contributed by atoms with Crippen molar-refractivity contribution in [2.75, 3.05) is 7.11 Å². The van der Waals surface area contributed by atoms with E-state index in [-0.39, 0.29) is 17.9 Å². The molecule has 2 aromatic carbocycles. The molecular formula is C27H21ClN2O5. The molecule has 2 aromatic heterocycles. The van der Waals surface area contributed by atoms with Gasteiger partial charge in [0.05, 0.1) is 18.7 Å². The third kappa shape index (κ3) is 4.04. The van der Waals surface area contributed by atoms with Crippen LogP contribution in [0, 0.1) is 6.92 Å². The van der Waals surface area contributed by atoms with Gasteiger partial charge in [-0.05, 0) is 42.3 Å². The lowest BCUT2D eigenvalue weighted by Crippen LogP contribution is -2.30. The van der Waals surface area contributed by atoms with Gasteiger partial charge in [-0.15, -0.1) is 0 Å². The van der Waals surface area contributed by atoms with Crippen molar-refractivity contribution >= 4 is 34.3 Å². The van der Waals surface area contributed by atoms with Crippen molar-refractivity contribution in [1.29, 1.82) is 0 Å². The lowest BCUT2D eigenvalue weighted by atomic mass is 9.94. The second-order valence-corrected chi connectivity index (χ2v) is 8.77. The van der Waals surface area contributed by atoms with Gasteiger partial charge in [0.25, 0.3) is 5.91 Å². The summed E-state index contributed by atoms with van der Waals surface area (Å²) >= 11 is 6.16. The van der Waals surface area contributed by atoms with Crippen LogP contribution in [0.2, 0.25) is 5.02 Å². The number of ether oxygens (including phenoxy) is 1. The van der Waals surface area contributed by atoms with Gasteiger partial charge in [-0.1, -0.05) is 41.4 Å². The van der Waals surface area contributed by atoms with Gasteiger partial charge >= 0.3 is 0 Å². The predicted molar refractivity (Wildman–Crippen MR) is 130 cm³/mol. The number of aliphatic hydroxyl groups is 1. The van der Waals surface area contributed by atoms with Gasteiger partial charge < -0.3 is 19.2 Å². The number of pyridine rings is 1. The monoisotopic (exact) mass is 488 g/mol. The molecule has 35 heavy (non-hydrogen) atoms. The van der Waals surface area contributed by atoms with Crippen molar-refractivity contribution in [2.45, 2.75) is 19.5 Å². The number of ketones is 1. The highest BCUT2D eigenvalue weighted by molar-refractivity contribution is 6.31. The van der Waals surface area contributed by atoms with Gasteiger partial charge in [-0.25, -0.2) is 0 Å². The molecule has 5 rings (SSSR count). The summed E-state index contributed by atoms with van der Waals surface area (Å²) in [6, 6.07) is 15.0. The Balaban J connectivity index is 1.62. The molecular weight excluding hydrogens is 468 g/mol. The van der Waals surface area contributed by atoms with Crippen LogP contribution in [0.15, 0.2) is 82.7 Å². The molecule has 1 aliphatic heterocycles. The number of amides is 1. The summed E-state index contributed by atoms with van der Waals surface area (Å²) in [5, 5.41) is 11.9. The zero-order valence-corrected chi connectivity index (χ0v) is 19.7. The van der Waals surface area contributed by atoms with E-state index in [1.54, 1.807) is 36.7 Å². The average molecular weight is 489 g/mol. The number of halogens is 1. The van der Waals surface area contributed by atoms with Gasteiger partial charge in [-0.3, -0.25) is 14.6 Å². The number of Topliss-reactive ketones (excluding diaryl/α,β-unsaturated/α-hetero) is 1. The van der Waals surface area contributed by atoms with Gasteiger partial charge in [0.1, 0.15) is 0 Å². The first-order valence-corrected chi connectivity index (χ1v) is 11.3. The molecule has 8 heteroatoms. The molecule has 0 radical (unpaired) electrons. The molecule has 1 atom stereocenters. The fourth-order valence-corrected chi connectivity index (χ4v) is 4.62. The number of benzene rings is 2. The van der Waals surface area contributed by atoms with Crippen molar-refractivity contribution in [1.82, 2.24) is 9.88 Å². The summed E-state index contributed by atoms with van der Waals surface area (Å²) < 4.78 is 11.2. The number of aryl methyl sites for hydroxylation is 1. The number of hydrogen-bond donors (Lipinski definition) is 1. The highest BCUT2D eigenvalue weighted by atomic mass is 35.5. The first-order valence-electron chi connectivity index (χ1n) is 10.9. The molecule has 0 fully saturated rings. The Bertz CT molecular complexity index is 1490. The third-order valence-corrected chi connectivity index (χ3v) is 6.22. The summed E-state index contributed by atoms with van der Waals surface area (Å²) in [5.41, 5.74) is 2.79. The molecule has 0 saturated heterocycles. The zero-order chi connectivity index (χ0) is 24.7. The third-order valence-electron chi connectivity index (χ3n) is 6.00. The van der Waals surface area contributed by atoms with Gasteiger partial charge in [0, 0.05) is 35.4 Å². The summed E-state index contributed by atoms with van der Waals surface area (Å²) in [7, 11) is 1.48. The van der Waals surface area contributed by atoms with E-state index < -0.39 is 23.5 Å². The van der Waals surface area contributed by atoms with Gasteiger partial charge in [-0.2, -0.15) is 0 Å². The Kier molecular flexibility index (Phi) is 5.78. The smallest absolute Gasteiger partial charge is 0.290 e. The Morgan fingerprint density at radius 3 is 2.66 bits per heavy atom. The number of carbonyl (C=O) groups is 2.